The van der Waals surface area contributed by atoms with Crippen molar-refractivity contribution in [1.82, 2.24) is 9.97 Å². The zero-order valence-electron chi connectivity index (χ0n) is 13.7. The molecule has 1 heterocycles. The van der Waals surface area contributed by atoms with Crippen LogP contribution in [0.3, 0.4) is 0 Å². The number of aromatic nitrogens is 2. The maximum Gasteiger partial charge on any atom is 0.423 e. The first-order valence-electron chi connectivity index (χ1n) is 8.00. The summed E-state index contributed by atoms with van der Waals surface area (Å²) >= 11 is 2.12. The van der Waals surface area contributed by atoms with Gasteiger partial charge in [0.05, 0.1) is 12.3 Å². The van der Waals surface area contributed by atoms with Crippen molar-refractivity contribution in [1.29, 1.82) is 0 Å². The molecule has 25 heavy (non-hydrogen) atoms. The quantitative estimate of drug-likeness (QED) is 0.396. The summed E-state index contributed by atoms with van der Waals surface area (Å²) in [5, 5.41) is 2.92. The van der Waals surface area contributed by atoms with Gasteiger partial charge in [0, 0.05) is 9.77 Å². The van der Waals surface area contributed by atoms with Gasteiger partial charge in [0.25, 0.3) is 0 Å². The van der Waals surface area contributed by atoms with Crippen molar-refractivity contribution in [3.63, 3.8) is 0 Å². The second-order valence-electron chi connectivity index (χ2n) is 5.42. The van der Waals surface area contributed by atoms with E-state index >= 15 is 0 Å². The lowest BCUT2D eigenvalue weighted by atomic mass is 10.2. The molecule has 0 amide bonds. The normalized spacial score (nSPS) is 11.4. The molecule has 0 fully saturated rings. The molecule has 2 aromatic rings. The van der Waals surface area contributed by atoms with Gasteiger partial charge >= 0.3 is 6.18 Å². The molecule has 1 aromatic carbocycles. The van der Waals surface area contributed by atoms with Crippen molar-refractivity contribution < 1.29 is 17.9 Å². The number of alkyl halides is 3. The summed E-state index contributed by atoms with van der Waals surface area (Å²) in [6.45, 7) is 2.26. The van der Waals surface area contributed by atoms with E-state index in [0.29, 0.717) is 6.42 Å². The largest absolute Gasteiger partial charge is 0.477 e. The van der Waals surface area contributed by atoms with Gasteiger partial charge in [0.2, 0.25) is 11.8 Å². The highest BCUT2D eigenvalue weighted by Crippen LogP contribution is 2.35. The minimum absolute atomic E-state index is 0.0701. The van der Waals surface area contributed by atoms with Crippen LogP contribution >= 0.6 is 22.6 Å². The number of rotatable bonds is 8. The average molecular weight is 465 g/mol. The molecular weight excluding hydrogens is 446 g/mol. The van der Waals surface area contributed by atoms with Crippen LogP contribution in [0.5, 0.6) is 5.88 Å². The molecule has 0 spiro atoms. The Morgan fingerprint density at radius 2 is 1.92 bits per heavy atom. The zero-order chi connectivity index (χ0) is 18.3. The van der Waals surface area contributed by atoms with Gasteiger partial charge in [-0.25, -0.2) is 4.98 Å². The van der Waals surface area contributed by atoms with Crippen LogP contribution in [0.2, 0.25) is 0 Å². The number of ether oxygens (including phenoxy) is 1. The van der Waals surface area contributed by atoms with Crippen molar-refractivity contribution in [2.24, 2.45) is 0 Å². The van der Waals surface area contributed by atoms with E-state index in [2.05, 4.69) is 44.8 Å². The van der Waals surface area contributed by atoms with Crippen molar-refractivity contribution >= 4 is 34.2 Å². The third-order valence-electron chi connectivity index (χ3n) is 3.42. The van der Waals surface area contributed by atoms with E-state index in [9.17, 15) is 13.2 Å². The predicted octanol–water partition coefficient (Wildman–Crippen LogP) is 5.80. The highest BCUT2D eigenvalue weighted by Gasteiger charge is 2.36. The molecule has 8 heteroatoms. The van der Waals surface area contributed by atoms with E-state index in [4.69, 9.17) is 4.74 Å². The molecule has 136 valence electrons. The average Bonchev–Trinajstić information content (AvgIpc) is 2.56. The molecule has 4 nitrogen and oxygen atoms in total. The smallest absolute Gasteiger partial charge is 0.423 e. The molecule has 2 rings (SSSR count). The summed E-state index contributed by atoms with van der Waals surface area (Å²) in [6.07, 6.45) is -0.126. The fraction of sp³-hybridized carbons (Fsp3) is 0.412. The Bertz CT molecular complexity index is 695. The van der Waals surface area contributed by atoms with E-state index < -0.39 is 17.6 Å². The minimum atomic E-state index is -4.56. The number of unbranched alkanes of at least 4 members (excludes halogenated alkanes) is 3. The predicted molar refractivity (Wildman–Crippen MR) is 99.1 cm³/mol. The zero-order valence-corrected chi connectivity index (χ0v) is 15.9. The number of nitrogens with zero attached hydrogens (tertiary/aromatic N) is 2. The number of hydrogen-bond acceptors (Lipinski definition) is 4. The van der Waals surface area contributed by atoms with Crippen LogP contribution in [0.25, 0.3) is 0 Å². The number of hydrogen-bond donors (Lipinski definition) is 1. The Labute approximate surface area is 158 Å². The molecular formula is C17H19F3IN3O. The Morgan fingerprint density at radius 3 is 2.60 bits per heavy atom. The Hall–Kier alpha value is -1.58. The lowest BCUT2D eigenvalue weighted by molar-refractivity contribution is -0.139. The second kappa shape index (κ2) is 9.21. The first-order chi connectivity index (χ1) is 11.9. The van der Waals surface area contributed by atoms with Crippen LogP contribution in [0, 0.1) is 3.57 Å². The van der Waals surface area contributed by atoms with Crippen molar-refractivity contribution in [3.05, 3.63) is 39.6 Å². The Kier molecular flexibility index (Phi) is 7.27. The van der Waals surface area contributed by atoms with E-state index in [1.807, 2.05) is 18.2 Å². The van der Waals surface area contributed by atoms with E-state index in [1.54, 1.807) is 6.07 Å². The van der Waals surface area contributed by atoms with Crippen LogP contribution < -0.4 is 10.1 Å². The number of benzene rings is 1. The van der Waals surface area contributed by atoms with Gasteiger partial charge in [0.1, 0.15) is 5.56 Å². The summed E-state index contributed by atoms with van der Waals surface area (Å²) in [4.78, 5) is 7.70. The van der Waals surface area contributed by atoms with E-state index in [0.717, 1.165) is 34.7 Å². The van der Waals surface area contributed by atoms with Crippen LogP contribution in [0.15, 0.2) is 30.5 Å². The number of anilines is 2. The summed E-state index contributed by atoms with van der Waals surface area (Å²) in [5.74, 6) is -0.367. The van der Waals surface area contributed by atoms with Crippen LogP contribution in [-0.2, 0) is 6.18 Å². The molecule has 0 unspecified atom stereocenters. The Balaban J connectivity index is 2.17. The monoisotopic (exact) mass is 465 g/mol. The third kappa shape index (κ3) is 6.02. The minimum Gasteiger partial charge on any atom is -0.477 e. The number of halogens is 4. The second-order valence-corrected chi connectivity index (χ2v) is 6.59. The standard InChI is InChI=1S/C17H19F3IN3O/c1-2-3-4-7-10-25-15-12(17(18,19)20)11-22-16(24-15)23-14-9-6-5-8-13(14)21/h5-6,8-9,11H,2-4,7,10H2,1H3,(H,22,23,24). The molecule has 0 aliphatic rings. The topological polar surface area (TPSA) is 47.0 Å². The molecule has 0 saturated carbocycles. The fourth-order valence-corrected chi connectivity index (χ4v) is 2.63. The summed E-state index contributed by atoms with van der Waals surface area (Å²) < 4.78 is 45.6. The first-order valence-corrected chi connectivity index (χ1v) is 9.08. The highest BCUT2D eigenvalue weighted by atomic mass is 127. The summed E-state index contributed by atoms with van der Waals surface area (Å²) in [5.41, 5.74) is -0.243. The Morgan fingerprint density at radius 1 is 1.16 bits per heavy atom. The lowest BCUT2D eigenvalue weighted by Gasteiger charge is -2.14. The SMILES string of the molecule is CCCCCCOc1nc(Nc2ccccc2I)ncc1C(F)(F)F. The van der Waals surface area contributed by atoms with Gasteiger partial charge in [-0.1, -0.05) is 38.3 Å². The van der Waals surface area contributed by atoms with Crippen molar-refractivity contribution in [3.8, 4) is 5.88 Å². The summed E-state index contributed by atoms with van der Waals surface area (Å²) in [7, 11) is 0. The number of para-hydroxylation sites is 1. The van der Waals surface area contributed by atoms with Crippen LogP contribution in [0.1, 0.15) is 38.2 Å². The molecule has 1 aromatic heterocycles. The molecule has 0 bridgehead atoms. The summed E-state index contributed by atoms with van der Waals surface area (Å²) in [6, 6.07) is 7.36. The molecule has 0 radical (unpaired) electrons. The van der Waals surface area contributed by atoms with Crippen LogP contribution in [-0.4, -0.2) is 16.6 Å². The number of nitrogens with one attached hydrogen (secondary N) is 1. The van der Waals surface area contributed by atoms with Gasteiger partial charge in [-0.05, 0) is 41.1 Å². The lowest BCUT2D eigenvalue weighted by Crippen LogP contribution is -2.13. The maximum atomic E-state index is 13.1. The van der Waals surface area contributed by atoms with Crippen LogP contribution in [0.4, 0.5) is 24.8 Å². The van der Waals surface area contributed by atoms with Gasteiger partial charge in [-0.2, -0.15) is 18.2 Å². The van der Waals surface area contributed by atoms with Gasteiger partial charge < -0.3 is 10.1 Å². The molecule has 0 aliphatic carbocycles. The highest BCUT2D eigenvalue weighted by molar-refractivity contribution is 14.1. The molecule has 0 saturated heterocycles. The van der Waals surface area contributed by atoms with Crippen molar-refractivity contribution in [2.75, 3.05) is 11.9 Å². The molecule has 1 N–H and O–H groups in total. The fourth-order valence-electron chi connectivity index (χ4n) is 2.11. The third-order valence-corrected chi connectivity index (χ3v) is 4.36. The van der Waals surface area contributed by atoms with Gasteiger partial charge in [-0.15, -0.1) is 0 Å². The van der Waals surface area contributed by atoms with Crippen molar-refractivity contribution in [2.45, 2.75) is 38.8 Å². The molecule has 0 aliphatic heterocycles. The van der Waals surface area contributed by atoms with E-state index in [1.165, 1.54) is 0 Å². The van der Waals surface area contributed by atoms with E-state index in [-0.39, 0.29) is 12.6 Å². The first kappa shape index (κ1) is 19.7. The van der Waals surface area contributed by atoms with Gasteiger partial charge in [0.15, 0.2) is 0 Å². The maximum absolute atomic E-state index is 13.1. The molecule has 0 atom stereocenters. The van der Waals surface area contributed by atoms with Gasteiger partial charge in [-0.3, -0.25) is 0 Å².